The summed E-state index contributed by atoms with van der Waals surface area (Å²) in [5, 5.41) is 11.7. The molecule has 0 aromatic rings. The van der Waals surface area contributed by atoms with E-state index in [-0.39, 0.29) is 12.3 Å². The summed E-state index contributed by atoms with van der Waals surface area (Å²) in [5.74, 6) is -1.01. The molecule has 0 fully saturated rings. The van der Waals surface area contributed by atoms with Crippen molar-refractivity contribution in [2.45, 2.75) is 25.5 Å². The number of methoxy groups -OCH3 is 1. The summed E-state index contributed by atoms with van der Waals surface area (Å²) in [6, 6.07) is -0.938. The summed E-state index contributed by atoms with van der Waals surface area (Å²) in [5.41, 5.74) is 0. The molecule has 0 bridgehead atoms. The third-order valence-electron chi connectivity index (χ3n) is 2.57. The van der Waals surface area contributed by atoms with Gasteiger partial charge in [0.2, 0.25) is 15.9 Å². The fourth-order valence-electron chi connectivity index (χ4n) is 1.32. The van der Waals surface area contributed by atoms with Gasteiger partial charge in [-0.1, -0.05) is 0 Å². The Morgan fingerprint density at radius 2 is 2.00 bits per heavy atom. The van der Waals surface area contributed by atoms with Crippen LogP contribution in [-0.4, -0.2) is 69.0 Å². The van der Waals surface area contributed by atoms with Crippen molar-refractivity contribution < 1.29 is 27.9 Å². The van der Waals surface area contributed by atoms with Gasteiger partial charge in [-0.05, 0) is 25.4 Å². The van der Waals surface area contributed by atoms with Crippen LogP contribution < -0.4 is 10.0 Å². The van der Waals surface area contributed by atoms with Gasteiger partial charge in [-0.3, -0.25) is 4.79 Å². The molecule has 0 saturated heterocycles. The third kappa shape index (κ3) is 8.24. The lowest BCUT2D eigenvalue weighted by Crippen LogP contribution is -2.49. The molecular weight excluding hydrogens is 320 g/mol. The van der Waals surface area contributed by atoms with Crippen LogP contribution in [0.4, 0.5) is 0 Å². The van der Waals surface area contributed by atoms with Crippen molar-refractivity contribution in [1.29, 1.82) is 0 Å². The Kier molecular flexibility index (Phi) is 9.58. The minimum atomic E-state index is -3.53. The van der Waals surface area contributed by atoms with Crippen LogP contribution in [0.15, 0.2) is 0 Å². The van der Waals surface area contributed by atoms with Crippen molar-refractivity contribution in [3.8, 4) is 0 Å². The first kappa shape index (κ1) is 20.2. The van der Waals surface area contributed by atoms with Gasteiger partial charge >= 0.3 is 5.97 Å². The number of nitrogens with one attached hydrogen (secondary N) is 2. The number of amides is 1. The Balaban J connectivity index is 4.61. The molecule has 0 aliphatic carbocycles. The van der Waals surface area contributed by atoms with Crippen molar-refractivity contribution in [2.24, 2.45) is 0 Å². The largest absolute Gasteiger partial charge is 0.467 e. The number of hydrogen-bond acceptors (Lipinski definition) is 7. The van der Waals surface area contributed by atoms with E-state index >= 15 is 0 Å². The molecule has 0 radical (unpaired) electrons. The Morgan fingerprint density at radius 1 is 1.38 bits per heavy atom. The number of aliphatic hydroxyl groups is 1. The van der Waals surface area contributed by atoms with Gasteiger partial charge in [0.25, 0.3) is 0 Å². The van der Waals surface area contributed by atoms with Gasteiger partial charge in [0, 0.05) is 0 Å². The molecular formula is C11H22N2O6S2. The minimum Gasteiger partial charge on any atom is -0.467 e. The number of hydrogen-bond donors (Lipinski definition) is 3. The number of rotatable bonds is 10. The first-order chi connectivity index (χ1) is 9.77. The molecule has 0 spiro atoms. The van der Waals surface area contributed by atoms with Crippen LogP contribution in [-0.2, 0) is 24.3 Å². The predicted octanol–water partition coefficient (Wildman–Crippen LogP) is -1.30. The molecule has 21 heavy (non-hydrogen) atoms. The standard InChI is InChI=1S/C11H22N2O6S2/c1-4-21(17,18)13-8(5-6-20-3)10(15)12-7-9(14)11(16)19-2/h8-9,13-14H,4-7H2,1-3H3,(H,12,15). The highest BCUT2D eigenvalue weighted by atomic mass is 32.2. The van der Waals surface area contributed by atoms with Crippen LogP contribution in [0.25, 0.3) is 0 Å². The minimum absolute atomic E-state index is 0.138. The Hall–Kier alpha value is -0.840. The highest BCUT2D eigenvalue weighted by Crippen LogP contribution is 2.03. The summed E-state index contributed by atoms with van der Waals surface area (Å²) in [6.45, 7) is 1.13. The maximum Gasteiger partial charge on any atom is 0.336 e. The van der Waals surface area contributed by atoms with Crippen molar-refractivity contribution in [2.75, 3.05) is 31.4 Å². The quantitative estimate of drug-likeness (QED) is 0.422. The molecule has 3 N–H and O–H groups in total. The lowest BCUT2D eigenvalue weighted by Gasteiger charge is -2.18. The fourth-order valence-corrected chi connectivity index (χ4v) is 2.62. The fraction of sp³-hybridized carbons (Fsp3) is 0.818. The van der Waals surface area contributed by atoms with E-state index in [1.54, 1.807) is 0 Å². The normalized spacial score (nSPS) is 14.3. The van der Waals surface area contributed by atoms with E-state index in [4.69, 9.17) is 0 Å². The number of aliphatic hydroxyl groups excluding tert-OH is 1. The van der Waals surface area contributed by atoms with E-state index in [1.807, 2.05) is 6.26 Å². The molecule has 0 rings (SSSR count). The Morgan fingerprint density at radius 3 is 2.48 bits per heavy atom. The van der Waals surface area contributed by atoms with Gasteiger partial charge in [0.15, 0.2) is 6.10 Å². The van der Waals surface area contributed by atoms with Crippen molar-refractivity contribution in [1.82, 2.24) is 10.0 Å². The molecule has 0 aliphatic heterocycles. The van der Waals surface area contributed by atoms with Crippen LogP contribution in [0, 0.1) is 0 Å². The average molecular weight is 342 g/mol. The molecule has 0 aromatic carbocycles. The average Bonchev–Trinajstić information content (AvgIpc) is 2.47. The second-order valence-corrected chi connectivity index (χ2v) is 7.17. The molecule has 2 unspecified atom stereocenters. The third-order valence-corrected chi connectivity index (χ3v) is 4.62. The first-order valence-corrected chi connectivity index (χ1v) is 9.34. The number of thioether (sulfide) groups is 1. The summed E-state index contributed by atoms with van der Waals surface area (Å²) in [6.07, 6.45) is 0.660. The molecule has 1 amide bonds. The molecule has 0 aliphatic rings. The van der Waals surface area contributed by atoms with Gasteiger partial charge in [-0.2, -0.15) is 11.8 Å². The number of esters is 1. The zero-order chi connectivity index (χ0) is 16.5. The SMILES string of the molecule is CCS(=O)(=O)NC(CCSC)C(=O)NCC(O)C(=O)OC. The van der Waals surface area contributed by atoms with Crippen molar-refractivity contribution in [3.63, 3.8) is 0 Å². The summed E-state index contributed by atoms with van der Waals surface area (Å²) in [4.78, 5) is 23.0. The van der Waals surface area contributed by atoms with E-state index < -0.39 is 34.0 Å². The van der Waals surface area contributed by atoms with Crippen LogP contribution in [0.1, 0.15) is 13.3 Å². The maximum atomic E-state index is 11.9. The lowest BCUT2D eigenvalue weighted by molar-refractivity contribution is -0.150. The number of carbonyl (C=O) groups is 2. The zero-order valence-electron chi connectivity index (χ0n) is 12.3. The maximum absolute atomic E-state index is 11.9. The van der Waals surface area contributed by atoms with Crippen LogP contribution >= 0.6 is 11.8 Å². The van der Waals surface area contributed by atoms with E-state index in [0.29, 0.717) is 12.2 Å². The van der Waals surface area contributed by atoms with Crippen LogP contribution in [0.2, 0.25) is 0 Å². The molecule has 2 atom stereocenters. The van der Waals surface area contributed by atoms with Crippen molar-refractivity contribution in [3.05, 3.63) is 0 Å². The van der Waals surface area contributed by atoms with Gasteiger partial charge in [-0.15, -0.1) is 0 Å². The van der Waals surface area contributed by atoms with Crippen molar-refractivity contribution >= 4 is 33.7 Å². The first-order valence-electron chi connectivity index (χ1n) is 6.30. The van der Waals surface area contributed by atoms with Gasteiger partial charge in [-0.25, -0.2) is 17.9 Å². The monoisotopic (exact) mass is 342 g/mol. The van der Waals surface area contributed by atoms with E-state index in [2.05, 4.69) is 14.8 Å². The number of ether oxygens (including phenoxy) is 1. The van der Waals surface area contributed by atoms with E-state index in [0.717, 1.165) is 7.11 Å². The summed E-state index contributed by atoms with van der Waals surface area (Å²) < 4.78 is 29.7. The highest BCUT2D eigenvalue weighted by Gasteiger charge is 2.24. The molecule has 0 saturated carbocycles. The van der Waals surface area contributed by atoms with Gasteiger partial charge in [0.05, 0.1) is 19.4 Å². The van der Waals surface area contributed by atoms with E-state index in [1.165, 1.54) is 18.7 Å². The molecule has 124 valence electrons. The summed E-state index contributed by atoms with van der Waals surface area (Å²) in [7, 11) is -2.41. The highest BCUT2D eigenvalue weighted by molar-refractivity contribution is 7.98. The smallest absolute Gasteiger partial charge is 0.336 e. The van der Waals surface area contributed by atoms with Crippen LogP contribution in [0.3, 0.4) is 0 Å². The van der Waals surface area contributed by atoms with Crippen LogP contribution in [0.5, 0.6) is 0 Å². The summed E-state index contributed by atoms with van der Waals surface area (Å²) >= 11 is 1.48. The zero-order valence-corrected chi connectivity index (χ0v) is 13.9. The predicted molar refractivity (Wildman–Crippen MR) is 80.4 cm³/mol. The Labute approximate surface area is 129 Å². The second kappa shape index (κ2) is 9.98. The lowest BCUT2D eigenvalue weighted by atomic mass is 10.2. The topological polar surface area (TPSA) is 122 Å². The second-order valence-electron chi connectivity index (χ2n) is 4.14. The van der Waals surface area contributed by atoms with Gasteiger partial charge in [0.1, 0.15) is 6.04 Å². The van der Waals surface area contributed by atoms with Gasteiger partial charge < -0.3 is 15.2 Å². The van der Waals surface area contributed by atoms with E-state index in [9.17, 15) is 23.1 Å². The number of carbonyl (C=O) groups excluding carboxylic acids is 2. The number of sulfonamides is 1. The molecule has 10 heteroatoms. The Bertz CT molecular complexity index is 440. The molecule has 0 aromatic heterocycles. The molecule has 0 heterocycles. The molecule has 8 nitrogen and oxygen atoms in total.